The van der Waals surface area contributed by atoms with Crippen LogP contribution in [0.25, 0.3) is 0 Å². The Balaban J connectivity index is 2.10. The maximum Gasteiger partial charge on any atom is 0.285 e. The number of aliphatic imine (C=N–C) groups is 1. The van der Waals surface area contributed by atoms with E-state index in [9.17, 15) is 10.1 Å². The van der Waals surface area contributed by atoms with E-state index in [2.05, 4.69) is 10.3 Å². The van der Waals surface area contributed by atoms with Gasteiger partial charge in [0.1, 0.15) is 6.61 Å². The standard InChI is InChI=1S/C11H13N3O3/c1-8(13-11-12-5-6-17-11)9-3-2-4-10(7-9)14(15)16/h2-4,7-8H,5-6H2,1H3,(H,12,13)/t8-/m1/s1. The van der Waals surface area contributed by atoms with E-state index in [0.29, 0.717) is 19.2 Å². The third-order valence-corrected chi connectivity index (χ3v) is 2.51. The minimum atomic E-state index is -0.403. The zero-order chi connectivity index (χ0) is 12.3. The minimum absolute atomic E-state index is 0.0771. The van der Waals surface area contributed by atoms with Gasteiger partial charge in [0.25, 0.3) is 11.7 Å². The smallest absolute Gasteiger partial charge is 0.285 e. The lowest BCUT2D eigenvalue weighted by Gasteiger charge is -2.14. The van der Waals surface area contributed by atoms with Crippen LogP contribution in [0.15, 0.2) is 29.3 Å². The molecule has 1 aromatic carbocycles. The van der Waals surface area contributed by atoms with E-state index in [1.165, 1.54) is 6.07 Å². The normalized spacial score (nSPS) is 15.9. The summed E-state index contributed by atoms with van der Waals surface area (Å²) in [6, 6.07) is 6.95. The van der Waals surface area contributed by atoms with E-state index in [1.807, 2.05) is 13.0 Å². The van der Waals surface area contributed by atoms with Crippen molar-refractivity contribution in [3.8, 4) is 0 Å². The van der Waals surface area contributed by atoms with Gasteiger partial charge in [-0.1, -0.05) is 12.1 Å². The number of rotatable bonds is 3. The predicted molar refractivity (Wildman–Crippen MR) is 62.9 cm³/mol. The molecule has 6 nitrogen and oxygen atoms in total. The molecule has 1 aromatic rings. The van der Waals surface area contributed by atoms with Crippen LogP contribution in [-0.2, 0) is 4.74 Å². The quantitative estimate of drug-likeness (QED) is 0.638. The average molecular weight is 235 g/mol. The monoisotopic (exact) mass is 235 g/mol. The summed E-state index contributed by atoms with van der Waals surface area (Å²) in [4.78, 5) is 14.4. The van der Waals surface area contributed by atoms with Crippen molar-refractivity contribution in [1.29, 1.82) is 0 Å². The molecule has 0 spiro atoms. The van der Waals surface area contributed by atoms with Gasteiger partial charge in [-0.15, -0.1) is 0 Å². The van der Waals surface area contributed by atoms with Crippen molar-refractivity contribution in [1.82, 2.24) is 5.32 Å². The molecule has 0 fully saturated rings. The first-order valence-electron chi connectivity index (χ1n) is 5.35. The molecular weight excluding hydrogens is 222 g/mol. The van der Waals surface area contributed by atoms with Crippen LogP contribution in [0.5, 0.6) is 0 Å². The van der Waals surface area contributed by atoms with Crippen LogP contribution in [0.1, 0.15) is 18.5 Å². The van der Waals surface area contributed by atoms with Gasteiger partial charge in [0.15, 0.2) is 0 Å². The summed E-state index contributed by atoms with van der Waals surface area (Å²) in [7, 11) is 0. The summed E-state index contributed by atoms with van der Waals surface area (Å²) in [5.41, 5.74) is 0.919. The van der Waals surface area contributed by atoms with Crippen LogP contribution in [0, 0.1) is 10.1 Å². The second-order valence-corrected chi connectivity index (χ2v) is 3.75. The first-order valence-corrected chi connectivity index (χ1v) is 5.35. The number of benzene rings is 1. The molecule has 1 aliphatic heterocycles. The average Bonchev–Trinajstić information content (AvgIpc) is 2.82. The molecule has 17 heavy (non-hydrogen) atoms. The molecule has 1 atom stereocenters. The summed E-state index contributed by atoms with van der Waals surface area (Å²) in [6.45, 7) is 3.15. The highest BCUT2D eigenvalue weighted by Gasteiger charge is 2.14. The van der Waals surface area contributed by atoms with Crippen molar-refractivity contribution in [2.75, 3.05) is 13.2 Å². The second-order valence-electron chi connectivity index (χ2n) is 3.75. The maximum absolute atomic E-state index is 10.7. The Morgan fingerprint density at radius 3 is 3.06 bits per heavy atom. The van der Waals surface area contributed by atoms with Gasteiger partial charge in [0.05, 0.1) is 17.5 Å². The lowest BCUT2D eigenvalue weighted by atomic mass is 10.1. The summed E-state index contributed by atoms with van der Waals surface area (Å²) < 4.78 is 5.23. The zero-order valence-electron chi connectivity index (χ0n) is 9.42. The number of hydrogen-bond donors (Lipinski definition) is 1. The Kier molecular flexibility index (Phi) is 3.22. The van der Waals surface area contributed by atoms with E-state index in [4.69, 9.17) is 4.74 Å². The van der Waals surface area contributed by atoms with Crippen molar-refractivity contribution in [3.05, 3.63) is 39.9 Å². The molecule has 0 radical (unpaired) electrons. The van der Waals surface area contributed by atoms with Crippen molar-refractivity contribution in [2.45, 2.75) is 13.0 Å². The van der Waals surface area contributed by atoms with Crippen LogP contribution in [0.3, 0.4) is 0 Å². The number of hydrogen-bond acceptors (Lipinski definition) is 5. The fourth-order valence-electron chi connectivity index (χ4n) is 1.60. The summed E-state index contributed by atoms with van der Waals surface area (Å²) >= 11 is 0. The van der Waals surface area contributed by atoms with E-state index < -0.39 is 4.92 Å². The Morgan fingerprint density at radius 2 is 2.41 bits per heavy atom. The van der Waals surface area contributed by atoms with Gasteiger partial charge in [-0.25, -0.2) is 4.99 Å². The van der Waals surface area contributed by atoms with Crippen LogP contribution >= 0.6 is 0 Å². The highest BCUT2D eigenvalue weighted by atomic mass is 16.6. The third-order valence-electron chi connectivity index (χ3n) is 2.51. The highest BCUT2D eigenvalue weighted by molar-refractivity contribution is 5.75. The van der Waals surface area contributed by atoms with E-state index in [0.717, 1.165) is 5.56 Å². The molecule has 0 saturated heterocycles. The molecule has 0 bridgehead atoms. The number of nitrogens with one attached hydrogen (secondary N) is 1. The van der Waals surface area contributed by atoms with E-state index >= 15 is 0 Å². The van der Waals surface area contributed by atoms with Gasteiger partial charge in [0.2, 0.25) is 0 Å². The number of nitro groups is 1. The number of nitrogens with zero attached hydrogens (tertiary/aromatic N) is 2. The Labute approximate surface area is 98.5 Å². The molecule has 1 N–H and O–H groups in total. The molecule has 2 rings (SSSR count). The van der Waals surface area contributed by atoms with Gasteiger partial charge in [0, 0.05) is 12.1 Å². The molecule has 0 saturated carbocycles. The van der Waals surface area contributed by atoms with Gasteiger partial charge < -0.3 is 10.1 Å². The Hall–Kier alpha value is -2.11. The molecule has 1 heterocycles. The third kappa shape index (κ3) is 2.72. The molecule has 0 amide bonds. The van der Waals surface area contributed by atoms with Gasteiger partial charge >= 0.3 is 0 Å². The van der Waals surface area contributed by atoms with Crippen molar-refractivity contribution < 1.29 is 9.66 Å². The fraction of sp³-hybridized carbons (Fsp3) is 0.364. The predicted octanol–water partition coefficient (Wildman–Crippen LogP) is 1.63. The van der Waals surface area contributed by atoms with Crippen molar-refractivity contribution in [3.63, 3.8) is 0 Å². The molecule has 1 aliphatic rings. The maximum atomic E-state index is 10.7. The van der Waals surface area contributed by atoms with E-state index in [-0.39, 0.29) is 11.7 Å². The molecular formula is C11H13N3O3. The summed E-state index contributed by atoms with van der Waals surface area (Å²) in [5, 5.41) is 13.7. The zero-order valence-corrected chi connectivity index (χ0v) is 9.42. The van der Waals surface area contributed by atoms with E-state index in [1.54, 1.807) is 12.1 Å². The Morgan fingerprint density at radius 1 is 1.59 bits per heavy atom. The van der Waals surface area contributed by atoms with Crippen molar-refractivity contribution in [2.24, 2.45) is 4.99 Å². The SMILES string of the molecule is C[C@@H](NC1=NCCO1)c1cccc([N+](=O)[O-])c1. The summed E-state index contributed by atoms with van der Waals surface area (Å²) in [6.07, 6.45) is 0. The number of ether oxygens (including phenoxy) is 1. The van der Waals surface area contributed by atoms with Crippen LogP contribution in [0.4, 0.5) is 5.69 Å². The summed E-state index contributed by atoms with van der Waals surface area (Å²) in [5.74, 6) is 0. The number of amidine groups is 1. The molecule has 0 unspecified atom stereocenters. The number of non-ortho nitro benzene ring substituents is 1. The van der Waals surface area contributed by atoms with Crippen LogP contribution < -0.4 is 5.32 Å². The van der Waals surface area contributed by atoms with Crippen LogP contribution in [0.2, 0.25) is 0 Å². The Bertz CT molecular complexity index is 459. The molecule has 0 aliphatic carbocycles. The van der Waals surface area contributed by atoms with Crippen LogP contribution in [-0.4, -0.2) is 24.1 Å². The van der Waals surface area contributed by atoms with Crippen molar-refractivity contribution >= 4 is 11.7 Å². The topological polar surface area (TPSA) is 76.8 Å². The highest BCUT2D eigenvalue weighted by Crippen LogP contribution is 2.19. The molecule has 0 aromatic heterocycles. The largest absolute Gasteiger partial charge is 0.463 e. The van der Waals surface area contributed by atoms with Gasteiger partial charge in [-0.3, -0.25) is 10.1 Å². The molecule has 90 valence electrons. The first kappa shape index (κ1) is 11.4. The fourth-order valence-corrected chi connectivity index (χ4v) is 1.60. The minimum Gasteiger partial charge on any atom is -0.463 e. The first-order chi connectivity index (χ1) is 8.16. The lowest BCUT2D eigenvalue weighted by molar-refractivity contribution is -0.384. The van der Waals surface area contributed by atoms with Gasteiger partial charge in [-0.2, -0.15) is 0 Å². The lowest BCUT2D eigenvalue weighted by Crippen LogP contribution is -2.26. The second kappa shape index (κ2) is 4.82. The number of nitro benzene ring substituents is 1. The van der Waals surface area contributed by atoms with Gasteiger partial charge in [-0.05, 0) is 12.5 Å². The molecule has 6 heteroatoms.